The Balaban J connectivity index is 0.00000128. The van der Waals surface area contributed by atoms with Crippen LogP contribution in [0.3, 0.4) is 0 Å². The summed E-state index contributed by atoms with van der Waals surface area (Å²) in [5.74, 6) is -2.47. The van der Waals surface area contributed by atoms with Crippen molar-refractivity contribution in [2.45, 2.75) is 25.3 Å². The Bertz CT molecular complexity index is 341. The van der Waals surface area contributed by atoms with E-state index in [0.717, 1.165) is 31.5 Å². The molecule has 1 nitrogen and oxygen atoms in total. The first-order valence-electron chi connectivity index (χ1n) is 5.06. The molecule has 1 aliphatic heterocycles. The van der Waals surface area contributed by atoms with Gasteiger partial charge in [0.1, 0.15) is 17.5 Å². The molecule has 0 unspecified atom stereocenters. The van der Waals surface area contributed by atoms with E-state index in [1.807, 2.05) is 0 Å². The fraction of sp³-hybridized carbons (Fsp3) is 0.455. The third-order valence-electron chi connectivity index (χ3n) is 2.70. The molecule has 0 spiro atoms. The number of rotatable bonds is 1. The zero-order chi connectivity index (χ0) is 10.8. The van der Waals surface area contributed by atoms with Crippen LogP contribution in [-0.2, 0) is 0 Å². The molecule has 0 bridgehead atoms. The Kier molecular flexibility index (Phi) is 4.62. The van der Waals surface area contributed by atoms with E-state index in [1.165, 1.54) is 0 Å². The molecule has 0 saturated carbocycles. The molecule has 1 aromatic rings. The van der Waals surface area contributed by atoms with Crippen molar-refractivity contribution in [1.82, 2.24) is 5.32 Å². The van der Waals surface area contributed by atoms with Gasteiger partial charge in [0.25, 0.3) is 0 Å². The van der Waals surface area contributed by atoms with E-state index >= 15 is 0 Å². The lowest BCUT2D eigenvalue weighted by molar-refractivity contribution is 0.382. The van der Waals surface area contributed by atoms with Gasteiger partial charge in [-0.2, -0.15) is 0 Å². The van der Waals surface area contributed by atoms with Crippen LogP contribution in [0.25, 0.3) is 0 Å². The fourth-order valence-electron chi connectivity index (χ4n) is 1.98. The first-order chi connectivity index (χ1) is 7.18. The fourth-order valence-corrected chi connectivity index (χ4v) is 1.98. The van der Waals surface area contributed by atoms with Crippen molar-refractivity contribution < 1.29 is 13.2 Å². The summed E-state index contributed by atoms with van der Waals surface area (Å²) in [6.45, 7) is 0.751. The largest absolute Gasteiger partial charge is 0.310 e. The molecule has 0 amide bonds. The van der Waals surface area contributed by atoms with Gasteiger partial charge in [0.2, 0.25) is 0 Å². The second-order valence-electron chi connectivity index (χ2n) is 3.79. The summed E-state index contributed by atoms with van der Waals surface area (Å²) in [6.07, 6.45) is 2.65. The Hall–Kier alpha value is -0.740. The Labute approximate surface area is 98.4 Å². The molecule has 1 heterocycles. The van der Waals surface area contributed by atoms with E-state index in [0.29, 0.717) is 6.42 Å². The van der Waals surface area contributed by atoms with E-state index in [4.69, 9.17) is 0 Å². The van der Waals surface area contributed by atoms with Crippen LogP contribution in [-0.4, -0.2) is 6.54 Å². The minimum Gasteiger partial charge on any atom is -0.310 e. The third-order valence-corrected chi connectivity index (χ3v) is 2.70. The summed E-state index contributed by atoms with van der Waals surface area (Å²) in [7, 11) is 0. The van der Waals surface area contributed by atoms with Gasteiger partial charge in [-0.05, 0) is 19.4 Å². The molecule has 1 fully saturated rings. The van der Waals surface area contributed by atoms with Crippen LogP contribution in [0.2, 0.25) is 0 Å². The molecule has 1 saturated heterocycles. The lowest BCUT2D eigenvalue weighted by Crippen LogP contribution is -2.28. The van der Waals surface area contributed by atoms with E-state index < -0.39 is 17.5 Å². The quantitative estimate of drug-likeness (QED) is 0.807. The maximum absolute atomic E-state index is 13.4. The van der Waals surface area contributed by atoms with Crippen molar-refractivity contribution in [2.24, 2.45) is 0 Å². The number of hydrogen-bond acceptors (Lipinski definition) is 1. The molecule has 0 aromatic heterocycles. The molecule has 1 aromatic carbocycles. The lowest BCUT2D eigenvalue weighted by Gasteiger charge is -2.24. The zero-order valence-electron chi connectivity index (χ0n) is 8.60. The highest BCUT2D eigenvalue weighted by molar-refractivity contribution is 5.85. The summed E-state index contributed by atoms with van der Waals surface area (Å²) in [5.41, 5.74) is -0.0314. The molecule has 1 aliphatic rings. The van der Waals surface area contributed by atoms with Gasteiger partial charge >= 0.3 is 0 Å². The molecule has 90 valence electrons. The minimum absolute atomic E-state index is 0. The van der Waals surface area contributed by atoms with Crippen molar-refractivity contribution >= 4 is 12.4 Å². The van der Waals surface area contributed by atoms with Crippen LogP contribution in [0.1, 0.15) is 30.9 Å². The van der Waals surface area contributed by atoms with Gasteiger partial charge in [-0.3, -0.25) is 0 Å². The van der Waals surface area contributed by atoms with Crippen LogP contribution in [0.5, 0.6) is 0 Å². The summed E-state index contributed by atoms with van der Waals surface area (Å²) in [4.78, 5) is 0. The number of piperidine rings is 1. The third kappa shape index (κ3) is 2.68. The molecule has 5 heteroatoms. The first kappa shape index (κ1) is 13.3. The molecule has 1 N–H and O–H groups in total. The SMILES string of the molecule is Cl.Fc1cc(F)c([C@@H]2CCCCN2)c(F)c1. The Morgan fingerprint density at radius 1 is 1.06 bits per heavy atom. The summed E-state index contributed by atoms with van der Waals surface area (Å²) >= 11 is 0. The van der Waals surface area contributed by atoms with Crippen molar-refractivity contribution in [3.05, 3.63) is 35.1 Å². The van der Waals surface area contributed by atoms with Gasteiger partial charge in [-0.15, -0.1) is 12.4 Å². The summed E-state index contributed by atoms with van der Waals surface area (Å²) in [5, 5.41) is 3.03. The van der Waals surface area contributed by atoms with E-state index in [1.54, 1.807) is 0 Å². The number of benzene rings is 1. The van der Waals surface area contributed by atoms with Crippen LogP contribution in [0.15, 0.2) is 12.1 Å². The second kappa shape index (κ2) is 5.55. The Morgan fingerprint density at radius 3 is 2.19 bits per heavy atom. The first-order valence-corrected chi connectivity index (χ1v) is 5.06. The van der Waals surface area contributed by atoms with Crippen molar-refractivity contribution in [3.8, 4) is 0 Å². The molecule has 2 rings (SSSR count). The average Bonchev–Trinajstić information content (AvgIpc) is 2.17. The highest BCUT2D eigenvalue weighted by Crippen LogP contribution is 2.27. The molecule has 1 atom stereocenters. The van der Waals surface area contributed by atoms with Gasteiger partial charge in [0.05, 0.1) is 0 Å². The van der Waals surface area contributed by atoms with Gasteiger partial charge < -0.3 is 5.32 Å². The van der Waals surface area contributed by atoms with Gasteiger partial charge in [0.15, 0.2) is 0 Å². The zero-order valence-corrected chi connectivity index (χ0v) is 9.42. The number of nitrogens with one attached hydrogen (secondary N) is 1. The monoisotopic (exact) mass is 251 g/mol. The van der Waals surface area contributed by atoms with Crippen LogP contribution < -0.4 is 5.32 Å². The van der Waals surface area contributed by atoms with E-state index in [-0.39, 0.29) is 24.0 Å². The van der Waals surface area contributed by atoms with E-state index in [9.17, 15) is 13.2 Å². The molecular weight excluding hydrogens is 239 g/mol. The lowest BCUT2D eigenvalue weighted by atomic mass is 9.96. The minimum atomic E-state index is -0.871. The van der Waals surface area contributed by atoms with Crippen molar-refractivity contribution in [3.63, 3.8) is 0 Å². The maximum atomic E-state index is 13.4. The Morgan fingerprint density at radius 2 is 1.69 bits per heavy atom. The van der Waals surface area contributed by atoms with Crippen molar-refractivity contribution in [2.75, 3.05) is 6.54 Å². The number of hydrogen-bond donors (Lipinski definition) is 1. The molecule has 16 heavy (non-hydrogen) atoms. The molecule has 0 aliphatic carbocycles. The highest BCUT2D eigenvalue weighted by atomic mass is 35.5. The second-order valence-corrected chi connectivity index (χ2v) is 3.79. The predicted molar refractivity (Wildman–Crippen MR) is 58.2 cm³/mol. The van der Waals surface area contributed by atoms with Crippen LogP contribution >= 0.6 is 12.4 Å². The maximum Gasteiger partial charge on any atom is 0.133 e. The highest BCUT2D eigenvalue weighted by Gasteiger charge is 2.22. The smallest absolute Gasteiger partial charge is 0.133 e. The van der Waals surface area contributed by atoms with Gasteiger partial charge in [-0.25, -0.2) is 13.2 Å². The van der Waals surface area contributed by atoms with Crippen LogP contribution in [0.4, 0.5) is 13.2 Å². The average molecular weight is 252 g/mol. The topological polar surface area (TPSA) is 12.0 Å². The summed E-state index contributed by atoms with van der Waals surface area (Å²) < 4.78 is 39.4. The van der Waals surface area contributed by atoms with Gasteiger partial charge in [0, 0.05) is 23.7 Å². The molecule has 0 radical (unpaired) electrons. The molecular formula is C11H13ClF3N. The van der Waals surface area contributed by atoms with Gasteiger partial charge in [-0.1, -0.05) is 6.42 Å². The standard InChI is InChI=1S/C11H12F3N.ClH/c12-7-5-8(13)11(9(14)6-7)10-3-1-2-4-15-10;/h5-6,10,15H,1-4H2;1H/t10-;/m0./s1. The summed E-state index contributed by atoms with van der Waals surface area (Å²) in [6, 6.07) is 1.14. The predicted octanol–water partition coefficient (Wildman–Crippen LogP) is 3.34. The van der Waals surface area contributed by atoms with Crippen molar-refractivity contribution in [1.29, 1.82) is 0 Å². The normalized spacial score (nSPS) is 20.3. The van der Waals surface area contributed by atoms with Crippen LogP contribution in [0, 0.1) is 17.5 Å². The number of halogens is 4. The van der Waals surface area contributed by atoms with E-state index in [2.05, 4.69) is 5.32 Å².